The summed E-state index contributed by atoms with van der Waals surface area (Å²) in [5.41, 5.74) is 4.58. The van der Waals surface area contributed by atoms with Crippen LogP contribution in [-0.4, -0.2) is 39.4 Å². The maximum Gasteiger partial charge on any atom is 0.272 e. The molecule has 0 saturated carbocycles. The van der Waals surface area contributed by atoms with Gasteiger partial charge in [0.05, 0.1) is 5.69 Å². The Hall–Kier alpha value is -2.82. The lowest BCUT2D eigenvalue weighted by molar-refractivity contribution is 0.0588. The average molecular weight is 363 g/mol. The summed E-state index contributed by atoms with van der Waals surface area (Å²) in [6.07, 6.45) is 3.76. The molecule has 0 aliphatic carbocycles. The number of imidazole rings is 1. The minimum Gasteiger partial charge on any atom is -0.490 e. The van der Waals surface area contributed by atoms with E-state index in [1.807, 2.05) is 53.6 Å². The summed E-state index contributed by atoms with van der Waals surface area (Å²) in [4.78, 5) is 19.7. The number of hydrogen-bond acceptors (Lipinski definition) is 3. The molecule has 1 amide bonds. The van der Waals surface area contributed by atoms with E-state index in [-0.39, 0.29) is 12.0 Å². The van der Waals surface area contributed by atoms with Crippen molar-refractivity contribution in [2.75, 3.05) is 13.1 Å². The van der Waals surface area contributed by atoms with Gasteiger partial charge in [0.2, 0.25) is 0 Å². The number of ether oxygens (including phenoxy) is 1. The molecule has 2 aromatic heterocycles. The maximum atomic E-state index is 13.1. The number of amides is 1. The van der Waals surface area contributed by atoms with E-state index in [2.05, 4.69) is 24.0 Å². The fourth-order valence-corrected chi connectivity index (χ4v) is 3.78. The highest BCUT2D eigenvalue weighted by molar-refractivity contribution is 5.95. The Bertz CT molecular complexity index is 984. The fourth-order valence-electron chi connectivity index (χ4n) is 3.78. The largest absolute Gasteiger partial charge is 0.490 e. The van der Waals surface area contributed by atoms with Crippen LogP contribution in [0.2, 0.25) is 0 Å². The van der Waals surface area contributed by atoms with Crippen LogP contribution in [0.3, 0.4) is 0 Å². The van der Waals surface area contributed by atoms with E-state index >= 15 is 0 Å². The lowest BCUT2D eigenvalue weighted by Crippen LogP contribution is -2.42. The molecule has 3 heterocycles. The van der Waals surface area contributed by atoms with Gasteiger partial charge in [0.25, 0.3) is 5.91 Å². The van der Waals surface area contributed by atoms with E-state index in [0.29, 0.717) is 18.8 Å². The summed E-state index contributed by atoms with van der Waals surface area (Å²) in [6.45, 7) is 7.40. The first-order valence-electron chi connectivity index (χ1n) is 9.50. The van der Waals surface area contributed by atoms with Crippen molar-refractivity contribution in [2.45, 2.75) is 39.7 Å². The summed E-state index contributed by atoms with van der Waals surface area (Å²) in [5, 5.41) is 0. The number of carbonyl (C=O) groups excluding carboxylic acids is 1. The predicted octanol–water partition coefficient (Wildman–Crippen LogP) is 3.94. The molecule has 1 fully saturated rings. The number of hydrogen-bond donors (Lipinski definition) is 0. The Balaban J connectivity index is 1.46. The Morgan fingerprint density at radius 3 is 2.63 bits per heavy atom. The third kappa shape index (κ3) is 3.42. The average Bonchev–Trinajstić information content (AvgIpc) is 2.99. The zero-order chi connectivity index (χ0) is 19.0. The summed E-state index contributed by atoms with van der Waals surface area (Å²) in [6, 6.07) is 12.1. The van der Waals surface area contributed by atoms with Gasteiger partial charge in [-0.2, -0.15) is 0 Å². The van der Waals surface area contributed by atoms with Gasteiger partial charge in [-0.15, -0.1) is 0 Å². The molecular formula is C22H25N3O2. The van der Waals surface area contributed by atoms with Crippen molar-refractivity contribution >= 4 is 11.6 Å². The molecule has 0 unspecified atom stereocenters. The molecule has 1 saturated heterocycles. The number of piperidine rings is 1. The van der Waals surface area contributed by atoms with E-state index in [1.54, 1.807) is 0 Å². The van der Waals surface area contributed by atoms with Gasteiger partial charge in [-0.3, -0.25) is 9.20 Å². The molecule has 140 valence electrons. The van der Waals surface area contributed by atoms with Gasteiger partial charge in [0.1, 0.15) is 23.2 Å². The van der Waals surface area contributed by atoms with Crippen molar-refractivity contribution in [2.24, 2.45) is 0 Å². The van der Waals surface area contributed by atoms with Gasteiger partial charge in [-0.05, 0) is 50.1 Å². The Kier molecular flexibility index (Phi) is 4.60. The minimum atomic E-state index is 0.0552. The summed E-state index contributed by atoms with van der Waals surface area (Å²) in [5.74, 6) is 0.965. The number of rotatable bonds is 3. The van der Waals surface area contributed by atoms with Crippen molar-refractivity contribution in [3.05, 3.63) is 65.1 Å². The van der Waals surface area contributed by atoms with E-state index in [9.17, 15) is 4.79 Å². The van der Waals surface area contributed by atoms with Crippen molar-refractivity contribution in [3.8, 4) is 5.75 Å². The minimum absolute atomic E-state index is 0.0552. The Morgan fingerprint density at radius 1 is 1.11 bits per heavy atom. The zero-order valence-electron chi connectivity index (χ0n) is 16.1. The van der Waals surface area contributed by atoms with Crippen molar-refractivity contribution in [3.63, 3.8) is 0 Å². The fraction of sp³-hybridized carbons (Fsp3) is 0.364. The van der Waals surface area contributed by atoms with E-state index < -0.39 is 0 Å². The first kappa shape index (κ1) is 17.6. The first-order chi connectivity index (χ1) is 13.0. The molecule has 0 spiro atoms. The van der Waals surface area contributed by atoms with Gasteiger partial charge in [-0.25, -0.2) is 4.98 Å². The molecule has 27 heavy (non-hydrogen) atoms. The number of aromatic nitrogens is 2. The van der Waals surface area contributed by atoms with Crippen molar-refractivity contribution < 1.29 is 9.53 Å². The number of carbonyl (C=O) groups is 1. The van der Waals surface area contributed by atoms with Crippen LogP contribution >= 0.6 is 0 Å². The molecule has 3 aromatic rings. The summed E-state index contributed by atoms with van der Waals surface area (Å²) in [7, 11) is 0. The molecule has 0 N–H and O–H groups in total. The third-order valence-electron chi connectivity index (χ3n) is 5.24. The van der Waals surface area contributed by atoms with Gasteiger partial charge < -0.3 is 9.64 Å². The van der Waals surface area contributed by atoms with Crippen LogP contribution in [-0.2, 0) is 0 Å². The van der Waals surface area contributed by atoms with Crippen LogP contribution in [0.1, 0.15) is 40.2 Å². The molecule has 4 rings (SSSR count). The molecule has 5 nitrogen and oxygen atoms in total. The van der Waals surface area contributed by atoms with Gasteiger partial charge in [0.15, 0.2) is 0 Å². The highest BCUT2D eigenvalue weighted by Crippen LogP contribution is 2.23. The number of benzene rings is 1. The molecule has 1 aliphatic rings. The predicted molar refractivity (Wildman–Crippen MR) is 105 cm³/mol. The van der Waals surface area contributed by atoms with Crippen molar-refractivity contribution in [1.29, 1.82) is 0 Å². The molecule has 1 aliphatic heterocycles. The molecular weight excluding hydrogens is 338 g/mol. The smallest absolute Gasteiger partial charge is 0.272 e. The molecule has 1 aromatic carbocycles. The highest BCUT2D eigenvalue weighted by atomic mass is 16.5. The van der Waals surface area contributed by atoms with Crippen LogP contribution in [0.5, 0.6) is 5.75 Å². The Labute approximate surface area is 159 Å². The summed E-state index contributed by atoms with van der Waals surface area (Å²) < 4.78 is 8.03. The monoisotopic (exact) mass is 363 g/mol. The van der Waals surface area contributed by atoms with E-state index in [4.69, 9.17) is 4.74 Å². The number of aryl methyl sites for hydroxylation is 3. The number of fused-ring (bicyclic) bond motifs is 1. The highest BCUT2D eigenvalue weighted by Gasteiger charge is 2.28. The summed E-state index contributed by atoms with van der Waals surface area (Å²) >= 11 is 0. The lowest BCUT2D eigenvalue weighted by Gasteiger charge is -2.32. The second kappa shape index (κ2) is 7.06. The van der Waals surface area contributed by atoms with Gasteiger partial charge in [-0.1, -0.05) is 18.2 Å². The van der Waals surface area contributed by atoms with Crippen LogP contribution in [0.15, 0.2) is 42.6 Å². The van der Waals surface area contributed by atoms with Gasteiger partial charge in [0, 0.05) is 32.1 Å². The molecule has 0 atom stereocenters. The van der Waals surface area contributed by atoms with Crippen LogP contribution in [0, 0.1) is 20.8 Å². The maximum absolute atomic E-state index is 13.1. The van der Waals surface area contributed by atoms with Crippen molar-refractivity contribution in [1.82, 2.24) is 14.3 Å². The molecule has 5 heteroatoms. The lowest BCUT2D eigenvalue weighted by atomic mass is 10.1. The van der Waals surface area contributed by atoms with E-state index in [1.165, 1.54) is 5.56 Å². The van der Waals surface area contributed by atoms with Crippen LogP contribution in [0.4, 0.5) is 0 Å². The van der Waals surface area contributed by atoms with Crippen LogP contribution in [0.25, 0.3) is 5.65 Å². The normalized spacial score (nSPS) is 15.3. The van der Waals surface area contributed by atoms with E-state index in [0.717, 1.165) is 35.5 Å². The number of nitrogens with zero attached hydrogens (tertiary/aromatic N) is 3. The molecule has 0 bridgehead atoms. The first-order valence-corrected chi connectivity index (χ1v) is 9.50. The third-order valence-corrected chi connectivity index (χ3v) is 5.24. The Morgan fingerprint density at radius 2 is 1.89 bits per heavy atom. The van der Waals surface area contributed by atoms with Crippen LogP contribution < -0.4 is 4.74 Å². The SMILES string of the molecule is Cc1cccc(OC2CCN(C(=O)c3c(C)nc4c(C)cccn34)CC2)c1. The van der Waals surface area contributed by atoms with Gasteiger partial charge >= 0.3 is 0 Å². The number of likely N-dealkylation sites (tertiary alicyclic amines) is 1. The second-order valence-electron chi connectivity index (χ2n) is 7.36. The zero-order valence-corrected chi connectivity index (χ0v) is 16.1. The number of pyridine rings is 1. The second-order valence-corrected chi connectivity index (χ2v) is 7.36. The standard InChI is InChI=1S/C22H25N3O2/c1-15-6-4-8-19(14-15)27-18-9-12-24(13-10-18)22(26)20-17(3)23-21-16(2)7-5-11-25(20)21/h4-8,11,14,18H,9-10,12-13H2,1-3H3. The quantitative estimate of drug-likeness (QED) is 0.708. The molecule has 0 radical (unpaired) electrons. The topological polar surface area (TPSA) is 46.8 Å².